The lowest BCUT2D eigenvalue weighted by Crippen LogP contribution is -1.95. The molecule has 0 saturated heterocycles. The van der Waals surface area contributed by atoms with Gasteiger partial charge in [-0.15, -0.1) is 0 Å². The highest BCUT2D eigenvalue weighted by molar-refractivity contribution is 5.48. The van der Waals surface area contributed by atoms with Crippen LogP contribution in [0.4, 0.5) is 0 Å². The Balaban J connectivity index is 2.63. The van der Waals surface area contributed by atoms with E-state index in [1.807, 2.05) is 0 Å². The van der Waals surface area contributed by atoms with Crippen LogP contribution in [0.1, 0.15) is 29.5 Å². The molecule has 0 radical (unpaired) electrons. The largest absolute Gasteiger partial charge is 0.493 e. The van der Waals surface area contributed by atoms with E-state index in [1.54, 1.807) is 0 Å². The zero-order valence-electron chi connectivity index (χ0n) is 7.85. The predicted molar refractivity (Wildman–Crippen MR) is 49.8 cm³/mol. The Morgan fingerprint density at radius 3 is 2.83 bits per heavy atom. The molecule has 1 heteroatoms. The zero-order valence-corrected chi connectivity index (χ0v) is 7.85. The van der Waals surface area contributed by atoms with Gasteiger partial charge >= 0.3 is 0 Å². The number of fused-ring (bicyclic) bond motifs is 1. The summed E-state index contributed by atoms with van der Waals surface area (Å²) in [5.41, 5.74) is 4.18. The summed E-state index contributed by atoms with van der Waals surface area (Å²) in [6.45, 7) is 7.40. The summed E-state index contributed by atoms with van der Waals surface area (Å²) in [5.74, 6) is 1.66. The fourth-order valence-corrected chi connectivity index (χ4v) is 1.85. The van der Waals surface area contributed by atoms with Crippen LogP contribution < -0.4 is 4.74 Å². The van der Waals surface area contributed by atoms with E-state index >= 15 is 0 Å². The highest BCUT2D eigenvalue weighted by Gasteiger charge is 2.22. The maximum Gasteiger partial charge on any atom is 0.123 e. The van der Waals surface area contributed by atoms with Crippen molar-refractivity contribution >= 4 is 0 Å². The van der Waals surface area contributed by atoms with Crippen LogP contribution in [-0.4, -0.2) is 6.61 Å². The van der Waals surface area contributed by atoms with Gasteiger partial charge in [-0.2, -0.15) is 0 Å². The minimum atomic E-state index is 0.569. The minimum absolute atomic E-state index is 0.569. The van der Waals surface area contributed by atoms with Gasteiger partial charge in [0.2, 0.25) is 0 Å². The van der Waals surface area contributed by atoms with Crippen LogP contribution >= 0.6 is 0 Å². The van der Waals surface area contributed by atoms with Crippen LogP contribution in [0.3, 0.4) is 0 Å². The standard InChI is InChI=1S/C11H14O/c1-7-4-5-10-11(9(7)3)8(2)6-12-10/h4-5,8H,6H2,1-3H3. The molecular formula is C11H14O. The lowest BCUT2D eigenvalue weighted by atomic mass is 9.95. The predicted octanol–water partition coefficient (Wildman–Crippen LogP) is 2.80. The van der Waals surface area contributed by atoms with Gasteiger partial charge in [-0.1, -0.05) is 13.0 Å². The van der Waals surface area contributed by atoms with Crippen LogP contribution in [0.5, 0.6) is 5.75 Å². The molecule has 0 spiro atoms. The molecular weight excluding hydrogens is 148 g/mol. The average Bonchev–Trinajstić information content (AvgIpc) is 2.41. The number of aryl methyl sites for hydroxylation is 1. The summed E-state index contributed by atoms with van der Waals surface area (Å²) >= 11 is 0. The fourth-order valence-electron chi connectivity index (χ4n) is 1.85. The molecule has 1 nitrogen and oxygen atoms in total. The van der Waals surface area contributed by atoms with Gasteiger partial charge in [-0.05, 0) is 31.0 Å². The number of hydrogen-bond acceptors (Lipinski definition) is 1. The van der Waals surface area contributed by atoms with E-state index in [2.05, 4.69) is 32.9 Å². The summed E-state index contributed by atoms with van der Waals surface area (Å²) in [6, 6.07) is 4.22. The second kappa shape index (κ2) is 2.51. The second-order valence-corrected chi connectivity index (χ2v) is 3.63. The molecule has 64 valence electrons. The van der Waals surface area contributed by atoms with Crippen LogP contribution in [-0.2, 0) is 0 Å². The Morgan fingerprint density at radius 2 is 2.08 bits per heavy atom. The molecule has 1 heterocycles. The number of ether oxygens (including phenoxy) is 1. The van der Waals surface area contributed by atoms with Crippen LogP contribution in [0.25, 0.3) is 0 Å². The van der Waals surface area contributed by atoms with Gasteiger partial charge in [0.1, 0.15) is 5.75 Å². The molecule has 1 aliphatic heterocycles. The number of rotatable bonds is 0. The Hall–Kier alpha value is -0.980. The summed E-state index contributed by atoms with van der Waals surface area (Å²) in [5, 5.41) is 0. The third kappa shape index (κ3) is 0.927. The molecule has 1 aromatic carbocycles. The number of benzene rings is 1. The third-order valence-electron chi connectivity index (χ3n) is 2.73. The SMILES string of the molecule is Cc1ccc2c(c1C)C(C)CO2. The maximum absolute atomic E-state index is 5.55. The van der Waals surface area contributed by atoms with Gasteiger partial charge in [0.05, 0.1) is 6.61 Å². The molecule has 0 aromatic heterocycles. The molecule has 0 bridgehead atoms. The van der Waals surface area contributed by atoms with Gasteiger partial charge in [0.25, 0.3) is 0 Å². The molecule has 1 atom stereocenters. The van der Waals surface area contributed by atoms with Crippen LogP contribution in [0.2, 0.25) is 0 Å². The van der Waals surface area contributed by atoms with Crippen molar-refractivity contribution in [1.82, 2.24) is 0 Å². The van der Waals surface area contributed by atoms with Crippen molar-refractivity contribution in [3.63, 3.8) is 0 Å². The van der Waals surface area contributed by atoms with E-state index in [9.17, 15) is 0 Å². The highest BCUT2D eigenvalue weighted by atomic mass is 16.5. The monoisotopic (exact) mass is 162 g/mol. The highest BCUT2D eigenvalue weighted by Crippen LogP contribution is 2.36. The van der Waals surface area contributed by atoms with Crippen molar-refractivity contribution in [3.8, 4) is 5.75 Å². The molecule has 1 aliphatic rings. The summed E-state index contributed by atoms with van der Waals surface area (Å²) < 4.78 is 5.55. The molecule has 1 aromatic rings. The third-order valence-corrected chi connectivity index (χ3v) is 2.73. The summed E-state index contributed by atoms with van der Waals surface area (Å²) in [6.07, 6.45) is 0. The van der Waals surface area contributed by atoms with Crippen molar-refractivity contribution in [2.45, 2.75) is 26.7 Å². The van der Waals surface area contributed by atoms with E-state index in [-0.39, 0.29) is 0 Å². The van der Waals surface area contributed by atoms with Crippen molar-refractivity contribution in [1.29, 1.82) is 0 Å². The molecule has 1 unspecified atom stereocenters. The molecule has 0 fully saturated rings. The minimum Gasteiger partial charge on any atom is -0.493 e. The second-order valence-electron chi connectivity index (χ2n) is 3.63. The van der Waals surface area contributed by atoms with E-state index in [1.165, 1.54) is 16.7 Å². The van der Waals surface area contributed by atoms with Crippen molar-refractivity contribution in [2.24, 2.45) is 0 Å². The van der Waals surface area contributed by atoms with Crippen molar-refractivity contribution < 1.29 is 4.74 Å². The van der Waals surface area contributed by atoms with Crippen molar-refractivity contribution in [3.05, 3.63) is 28.8 Å². The lowest BCUT2D eigenvalue weighted by Gasteiger charge is -2.07. The fraction of sp³-hybridized carbons (Fsp3) is 0.455. The van der Waals surface area contributed by atoms with E-state index in [4.69, 9.17) is 4.74 Å². The van der Waals surface area contributed by atoms with Crippen LogP contribution in [0.15, 0.2) is 12.1 Å². The lowest BCUT2D eigenvalue weighted by molar-refractivity contribution is 0.337. The first kappa shape index (κ1) is 7.66. The summed E-state index contributed by atoms with van der Waals surface area (Å²) in [4.78, 5) is 0. The van der Waals surface area contributed by atoms with Gasteiger partial charge in [-0.25, -0.2) is 0 Å². The maximum atomic E-state index is 5.55. The van der Waals surface area contributed by atoms with E-state index in [0.717, 1.165) is 12.4 Å². The summed E-state index contributed by atoms with van der Waals surface area (Å²) in [7, 11) is 0. The molecule has 2 rings (SSSR count). The Morgan fingerprint density at radius 1 is 1.33 bits per heavy atom. The van der Waals surface area contributed by atoms with Gasteiger partial charge < -0.3 is 4.74 Å². The van der Waals surface area contributed by atoms with Gasteiger partial charge in [0, 0.05) is 11.5 Å². The molecule has 12 heavy (non-hydrogen) atoms. The Labute approximate surface area is 73.4 Å². The van der Waals surface area contributed by atoms with Gasteiger partial charge in [-0.3, -0.25) is 0 Å². The topological polar surface area (TPSA) is 9.23 Å². The normalized spacial score (nSPS) is 20.4. The Bertz CT molecular complexity index is 315. The Kier molecular flexibility index (Phi) is 1.60. The molecule has 0 N–H and O–H groups in total. The first-order valence-electron chi connectivity index (χ1n) is 4.43. The van der Waals surface area contributed by atoms with Gasteiger partial charge in [0.15, 0.2) is 0 Å². The number of hydrogen-bond donors (Lipinski definition) is 0. The quantitative estimate of drug-likeness (QED) is 0.570. The average molecular weight is 162 g/mol. The molecule has 0 amide bonds. The van der Waals surface area contributed by atoms with E-state index < -0.39 is 0 Å². The van der Waals surface area contributed by atoms with Crippen molar-refractivity contribution in [2.75, 3.05) is 6.61 Å². The smallest absolute Gasteiger partial charge is 0.123 e. The first-order valence-corrected chi connectivity index (χ1v) is 4.43. The first-order chi connectivity index (χ1) is 5.70. The van der Waals surface area contributed by atoms with Crippen LogP contribution in [0, 0.1) is 13.8 Å². The molecule has 0 aliphatic carbocycles. The zero-order chi connectivity index (χ0) is 8.72. The molecule has 0 saturated carbocycles. The van der Waals surface area contributed by atoms with E-state index in [0.29, 0.717) is 5.92 Å².